The summed E-state index contributed by atoms with van der Waals surface area (Å²) < 4.78 is 5.30. The number of hydrogen-bond acceptors (Lipinski definition) is 3. The Hall–Kier alpha value is -1.03. The number of rotatable bonds is 5. The van der Waals surface area contributed by atoms with Gasteiger partial charge in [0.15, 0.2) is 0 Å². The minimum absolute atomic E-state index is 0.0416. The summed E-state index contributed by atoms with van der Waals surface area (Å²) in [7, 11) is 0. The number of carbonyl (C=O) groups is 2. The van der Waals surface area contributed by atoms with E-state index in [4.69, 9.17) is 21.4 Å². The van der Waals surface area contributed by atoms with E-state index in [2.05, 4.69) is 6.92 Å². The third-order valence-corrected chi connectivity index (χ3v) is 3.70. The molecule has 1 aliphatic rings. The Morgan fingerprint density at radius 1 is 1.39 bits per heavy atom. The Morgan fingerprint density at radius 2 is 2.11 bits per heavy atom. The highest BCUT2D eigenvalue weighted by Gasteiger charge is 2.33. The number of halogens is 1. The van der Waals surface area contributed by atoms with E-state index in [0.29, 0.717) is 0 Å². The highest BCUT2D eigenvalue weighted by Crippen LogP contribution is 2.34. The molecule has 0 bridgehead atoms. The van der Waals surface area contributed by atoms with Gasteiger partial charge in [-0.3, -0.25) is 0 Å². The van der Waals surface area contributed by atoms with Gasteiger partial charge in [-0.2, -0.15) is 0 Å². The van der Waals surface area contributed by atoms with E-state index >= 15 is 0 Å². The minimum Gasteiger partial charge on any atom is -0.478 e. The van der Waals surface area contributed by atoms with E-state index in [1.165, 1.54) is 0 Å². The summed E-state index contributed by atoms with van der Waals surface area (Å²) in [6.45, 7) is 2.07. The summed E-state index contributed by atoms with van der Waals surface area (Å²) in [5, 5.41) is 8.47. The highest BCUT2D eigenvalue weighted by molar-refractivity contribution is 6.20. The predicted octanol–water partition coefficient (Wildman–Crippen LogP) is 2.75. The molecule has 4 nitrogen and oxygen atoms in total. The van der Waals surface area contributed by atoms with Crippen LogP contribution >= 0.6 is 11.6 Å². The van der Waals surface area contributed by atoms with Crippen molar-refractivity contribution in [1.29, 1.82) is 0 Å². The fourth-order valence-corrected chi connectivity index (χ4v) is 2.79. The van der Waals surface area contributed by atoms with Gasteiger partial charge in [-0.15, -0.1) is 11.6 Å². The van der Waals surface area contributed by atoms with E-state index in [9.17, 15) is 9.59 Å². The number of esters is 1. The van der Waals surface area contributed by atoms with Gasteiger partial charge < -0.3 is 9.84 Å². The largest absolute Gasteiger partial charge is 0.478 e. The second kappa shape index (κ2) is 7.41. The molecule has 3 atom stereocenters. The Bertz CT molecular complexity index is 327. The molecule has 0 spiro atoms. The van der Waals surface area contributed by atoms with Crippen LogP contribution < -0.4 is 0 Å². The number of aliphatic carboxylic acids is 1. The minimum atomic E-state index is -1.16. The number of alkyl halides is 1. The Morgan fingerprint density at radius 3 is 2.72 bits per heavy atom. The first-order valence-electron chi connectivity index (χ1n) is 6.30. The highest BCUT2D eigenvalue weighted by atomic mass is 35.5. The first kappa shape index (κ1) is 15.0. The molecule has 1 aliphatic carbocycles. The number of carboxylic acids is 1. The molecular formula is C13H19ClO4. The van der Waals surface area contributed by atoms with Crippen LogP contribution in [0.15, 0.2) is 12.2 Å². The van der Waals surface area contributed by atoms with Crippen molar-refractivity contribution >= 4 is 23.5 Å². The monoisotopic (exact) mass is 274 g/mol. The smallest absolute Gasteiger partial charge is 0.331 e. The molecule has 0 aromatic rings. The molecule has 18 heavy (non-hydrogen) atoms. The Balaban J connectivity index is 2.56. The number of ether oxygens (including phenoxy) is 1. The molecule has 3 unspecified atom stereocenters. The Labute approximate surface area is 112 Å². The molecule has 0 radical (unpaired) electrons. The molecule has 0 heterocycles. The van der Waals surface area contributed by atoms with Crippen LogP contribution in [0.3, 0.4) is 0 Å². The first-order valence-corrected chi connectivity index (χ1v) is 6.74. The van der Waals surface area contributed by atoms with E-state index in [1.807, 2.05) is 0 Å². The Kier molecular flexibility index (Phi) is 6.19. The summed E-state index contributed by atoms with van der Waals surface area (Å²) in [6, 6.07) is 0. The fourth-order valence-electron chi connectivity index (χ4n) is 2.35. The molecule has 0 aliphatic heterocycles. The molecule has 1 rings (SSSR count). The zero-order chi connectivity index (χ0) is 13.5. The predicted molar refractivity (Wildman–Crippen MR) is 68.5 cm³/mol. The lowest BCUT2D eigenvalue weighted by molar-refractivity contribution is -0.148. The number of carboxylic acid groups (broad SMARTS) is 1. The van der Waals surface area contributed by atoms with Crippen molar-refractivity contribution in [2.75, 3.05) is 0 Å². The molecule has 0 amide bonds. The van der Waals surface area contributed by atoms with Crippen molar-refractivity contribution in [2.45, 2.75) is 50.5 Å². The van der Waals surface area contributed by atoms with Crippen molar-refractivity contribution in [3.8, 4) is 0 Å². The van der Waals surface area contributed by atoms with Crippen LogP contribution in [0, 0.1) is 5.92 Å². The molecule has 1 fully saturated rings. The standard InChI is InChI=1S/C13H19ClO4/c1-2-4-9-10(14)5-3-6-11(9)18-13(17)8-7-12(15)16/h7-11H,2-6H2,1H3,(H,15,16)/b8-7+. The quantitative estimate of drug-likeness (QED) is 0.476. The van der Waals surface area contributed by atoms with Gasteiger partial charge in [-0.1, -0.05) is 13.3 Å². The molecular weight excluding hydrogens is 256 g/mol. The van der Waals surface area contributed by atoms with Crippen LogP contribution in [-0.4, -0.2) is 28.5 Å². The van der Waals surface area contributed by atoms with Gasteiger partial charge in [0, 0.05) is 23.4 Å². The molecule has 102 valence electrons. The topological polar surface area (TPSA) is 63.6 Å². The van der Waals surface area contributed by atoms with Gasteiger partial charge in [0.25, 0.3) is 0 Å². The lowest BCUT2D eigenvalue weighted by atomic mass is 9.83. The summed E-state index contributed by atoms with van der Waals surface area (Å²) in [6.07, 6.45) is 6.16. The van der Waals surface area contributed by atoms with Crippen LogP contribution in [0.5, 0.6) is 0 Å². The molecule has 1 N–H and O–H groups in total. The van der Waals surface area contributed by atoms with Gasteiger partial charge in [0.1, 0.15) is 6.10 Å². The van der Waals surface area contributed by atoms with Crippen molar-refractivity contribution in [3.05, 3.63) is 12.2 Å². The zero-order valence-electron chi connectivity index (χ0n) is 10.5. The van der Waals surface area contributed by atoms with Gasteiger partial charge in [0.2, 0.25) is 0 Å². The fraction of sp³-hybridized carbons (Fsp3) is 0.692. The second-order valence-electron chi connectivity index (χ2n) is 4.55. The SMILES string of the molecule is CCCC1C(Cl)CCCC1OC(=O)/C=C/C(=O)O. The zero-order valence-corrected chi connectivity index (χ0v) is 11.2. The summed E-state index contributed by atoms with van der Waals surface area (Å²) >= 11 is 6.26. The molecule has 1 saturated carbocycles. The summed E-state index contributed by atoms with van der Waals surface area (Å²) in [4.78, 5) is 21.8. The van der Waals surface area contributed by atoms with Crippen LogP contribution in [0.1, 0.15) is 39.0 Å². The van der Waals surface area contributed by atoms with Crippen molar-refractivity contribution in [3.63, 3.8) is 0 Å². The average molecular weight is 275 g/mol. The van der Waals surface area contributed by atoms with E-state index in [-0.39, 0.29) is 17.4 Å². The maximum absolute atomic E-state index is 11.5. The van der Waals surface area contributed by atoms with Crippen molar-refractivity contribution in [2.24, 2.45) is 5.92 Å². The average Bonchev–Trinajstić information content (AvgIpc) is 2.31. The first-order chi connectivity index (χ1) is 8.54. The number of carbonyl (C=O) groups excluding carboxylic acids is 1. The molecule has 0 saturated heterocycles. The van der Waals surface area contributed by atoms with E-state index in [1.54, 1.807) is 0 Å². The van der Waals surface area contributed by atoms with Gasteiger partial charge in [-0.05, 0) is 25.7 Å². The maximum Gasteiger partial charge on any atom is 0.331 e. The molecule has 0 aromatic heterocycles. The van der Waals surface area contributed by atoms with Gasteiger partial charge in [0.05, 0.1) is 0 Å². The second-order valence-corrected chi connectivity index (χ2v) is 5.11. The lowest BCUT2D eigenvalue weighted by Crippen LogP contribution is -2.36. The van der Waals surface area contributed by atoms with Gasteiger partial charge in [-0.25, -0.2) is 9.59 Å². The molecule has 0 aromatic carbocycles. The summed E-state index contributed by atoms with van der Waals surface area (Å²) in [5.41, 5.74) is 0. The van der Waals surface area contributed by atoms with Crippen LogP contribution in [-0.2, 0) is 14.3 Å². The maximum atomic E-state index is 11.5. The third kappa shape index (κ3) is 4.69. The van der Waals surface area contributed by atoms with Crippen LogP contribution in [0.4, 0.5) is 0 Å². The van der Waals surface area contributed by atoms with E-state index < -0.39 is 11.9 Å². The number of hydrogen-bond donors (Lipinski definition) is 1. The van der Waals surface area contributed by atoms with Crippen molar-refractivity contribution in [1.82, 2.24) is 0 Å². The van der Waals surface area contributed by atoms with Crippen molar-refractivity contribution < 1.29 is 19.4 Å². The summed E-state index contributed by atoms with van der Waals surface area (Å²) in [5.74, 6) is -1.59. The molecule has 5 heteroatoms. The third-order valence-electron chi connectivity index (χ3n) is 3.16. The van der Waals surface area contributed by atoms with Gasteiger partial charge >= 0.3 is 11.9 Å². The van der Waals surface area contributed by atoms with E-state index in [0.717, 1.165) is 44.3 Å². The lowest BCUT2D eigenvalue weighted by Gasteiger charge is -2.34. The van der Waals surface area contributed by atoms with Crippen LogP contribution in [0.25, 0.3) is 0 Å². The van der Waals surface area contributed by atoms with Crippen LogP contribution in [0.2, 0.25) is 0 Å². The normalized spacial score (nSPS) is 28.2.